The molecule has 9 heterocycles. The van der Waals surface area contributed by atoms with Crippen molar-refractivity contribution < 1.29 is 144 Å². The van der Waals surface area contributed by atoms with Crippen LogP contribution in [0.15, 0.2) is 240 Å². The van der Waals surface area contributed by atoms with E-state index in [1.54, 1.807) is 99.1 Å². The van der Waals surface area contributed by atoms with Gasteiger partial charge in [-0.05, 0) is 24.3 Å². The molecule has 0 amide bonds. The number of hydrogen-bond acceptors (Lipinski definition) is 14. The van der Waals surface area contributed by atoms with E-state index in [4.69, 9.17) is 5.26 Å². The van der Waals surface area contributed by atoms with Crippen LogP contribution < -0.4 is 0 Å². The van der Waals surface area contributed by atoms with Crippen LogP contribution in [0.5, 0.6) is 0 Å². The van der Waals surface area contributed by atoms with Gasteiger partial charge < -0.3 is 0 Å². The monoisotopic (exact) mass is 2160 g/mol. The third-order valence-electron chi connectivity index (χ3n) is 12.7. The van der Waals surface area contributed by atoms with Gasteiger partial charge in [0.15, 0.2) is 0 Å². The van der Waals surface area contributed by atoms with Crippen LogP contribution in [-0.4, -0.2) is 159 Å². The standard InChI is InChI=1S/C11H4F2N3.C10H5F2N2.C10H7N2.C9H4F2N3.4C9H8N3.4Ir/c12-9-3-2-7(10(13)8(9)6-14)11-15-4-1-5-16-11;11-7-2-3-8(9(12)6-7)10-13-4-1-5-14-10;1-2-5-9(6-3-1)10-11-7-4-8-12-10;10-7-3-2-6(8(11)14-7)9-12-4-1-5-13-9;4*1-11-7-10-12(8-11)9-5-3-2-4-6-9;;;;/h1,3-5H;1-2,4-6H;1-5,7-8H;1,3-5H;4*2-5,7H,1H3;;;;/q4*-1;4*+1;;;;. The molecule has 544 valence electrons. The second kappa shape index (κ2) is 46.0. The molecule has 0 fully saturated rings. The zero-order valence-electron chi connectivity index (χ0n) is 56.5. The Bertz CT molecular complexity index is 4930. The van der Waals surface area contributed by atoms with Gasteiger partial charge in [-0.15, -0.1) is 133 Å². The third-order valence-corrected chi connectivity index (χ3v) is 12.7. The molecule has 4 radical (unpaired) electrons. The molecular formula is C76H52F6Ir4N22. The Balaban J connectivity index is 0.000000220. The van der Waals surface area contributed by atoms with Crippen molar-refractivity contribution in [1.82, 2.24) is 44.9 Å². The van der Waals surface area contributed by atoms with Crippen molar-refractivity contribution in [3.05, 3.63) is 309 Å². The second-order valence-corrected chi connectivity index (χ2v) is 20.3. The Kier molecular flexibility index (Phi) is 36.8. The first kappa shape index (κ1) is 86.5. The number of aromatic nitrogens is 9. The number of nitriles is 1. The van der Waals surface area contributed by atoms with Gasteiger partial charge >= 0.3 is 49.4 Å². The summed E-state index contributed by atoms with van der Waals surface area (Å²) in [5.74, 6) is -4.07. The molecular weight excluding hydrogens is 2100 g/mol. The molecule has 12 aromatic rings. The average Bonchev–Trinajstić information content (AvgIpc) is 1.05. The number of para-hydroxylation sites is 4. The Morgan fingerprint density at radius 2 is 0.694 bits per heavy atom. The van der Waals surface area contributed by atoms with Gasteiger partial charge in [0.25, 0.3) is 0 Å². The van der Waals surface area contributed by atoms with Crippen molar-refractivity contribution in [2.24, 2.45) is 20.4 Å². The minimum Gasteiger partial charge on any atom is -0.291 e. The summed E-state index contributed by atoms with van der Waals surface area (Å²) in [6, 6.07) is 84.4. The van der Waals surface area contributed by atoms with Gasteiger partial charge in [-0.3, -0.25) is 62.4 Å². The summed E-state index contributed by atoms with van der Waals surface area (Å²) < 4.78 is 91.6. The van der Waals surface area contributed by atoms with E-state index in [0.29, 0.717) is 0 Å². The second-order valence-electron chi connectivity index (χ2n) is 20.3. The number of halogens is 6. The summed E-state index contributed by atoms with van der Waals surface area (Å²) in [7, 11) is 7.53. The molecule has 7 aromatic carbocycles. The van der Waals surface area contributed by atoms with Gasteiger partial charge in [-0.1, -0.05) is 28.8 Å². The van der Waals surface area contributed by atoms with E-state index in [2.05, 4.69) is 138 Å². The first-order valence-corrected chi connectivity index (χ1v) is 30.4. The van der Waals surface area contributed by atoms with Gasteiger partial charge in [0.2, 0.25) is 20.4 Å². The predicted molar refractivity (Wildman–Crippen MR) is 367 cm³/mol. The number of hydrazone groups is 4. The molecule has 0 saturated carbocycles. The normalized spacial score (nSPS) is 11.6. The van der Waals surface area contributed by atoms with Crippen LogP contribution in [0.25, 0.3) is 45.6 Å². The molecule has 22 nitrogen and oxygen atoms in total. The molecule has 0 N–H and O–H groups in total. The third kappa shape index (κ3) is 27.1. The van der Waals surface area contributed by atoms with Crippen molar-refractivity contribution in [2.45, 2.75) is 0 Å². The fraction of sp³-hybridized carbons (Fsp3) is 0.0526. The number of nitrogens with zero attached hydrogens (tertiary/aromatic N) is 22. The molecule has 0 unspecified atom stereocenters. The maximum atomic E-state index is 13.6. The summed E-state index contributed by atoms with van der Waals surface area (Å²) in [6.07, 6.45) is 19.0. The number of rotatable bonds is 8. The number of pyridine rings is 1. The van der Waals surface area contributed by atoms with E-state index in [9.17, 15) is 26.3 Å². The van der Waals surface area contributed by atoms with Gasteiger partial charge in [0.1, 0.15) is 62.8 Å². The molecule has 0 spiro atoms. The fourth-order valence-electron chi connectivity index (χ4n) is 8.01. The van der Waals surface area contributed by atoms with Crippen LogP contribution in [-0.2, 0) is 80.4 Å². The summed E-state index contributed by atoms with van der Waals surface area (Å²) in [6.45, 7) is 0. The number of hydrogen-bond donors (Lipinski definition) is 0. The molecule has 0 saturated heterocycles. The van der Waals surface area contributed by atoms with E-state index >= 15 is 0 Å². The summed E-state index contributed by atoms with van der Waals surface area (Å²) in [5.41, 5.74) is 3.81. The van der Waals surface area contributed by atoms with E-state index in [1.807, 2.05) is 150 Å². The zero-order valence-corrected chi connectivity index (χ0v) is 66.1. The molecule has 0 bridgehead atoms. The van der Waals surface area contributed by atoms with Crippen LogP contribution in [0.4, 0.5) is 49.1 Å². The van der Waals surface area contributed by atoms with Gasteiger partial charge in [0.05, 0.1) is 59.7 Å². The first-order chi connectivity index (χ1) is 50.7. The van der Waals surface area contributed by atoms with E-state index < -0.39 is 40.7 Å². The van der Waals surface area contributed by atoms with Gasteiger partial charge in [-0.25, -0.2) is 8.78 Å². The Morgan fingerprint density at radius 3 is 1.01 bits per heavy atom. The van der Waals surface area contributed by atoms with Crippen molar-refractivity contribution >= 4 is 72.1 Å². The molecule has 0 aliphatic carbocycles. The molecule has 5 aromatic heterocycles. The first-order valence-electron chi connectivity index (χ1n) is 30.4. The van der Waals surface area contributed by atoms with Crippen molar-refractivity contribution in [1.29, 1.82) is 5.26 Å². The van der Waals surface area contributed by atoms with Crippen LogP contribution >= 0.6 is 0 Å². The SMILES string of the molecule is C[N+]1=C=[N+](c2[c-]cccc2)N=C1.C[N+]1=C=[N+](c2[c-]cccc2)N=C1.C[N+]1=C=[N+](c2[c-]cccc2)N=C1.C[N+]1=C=[N+](c2[c-]cccc2)N=C1.Fc1c[c-]c(-c2ncccn2)c(F)c1.Fc1c[c-]c(-c2ncccn2)c(F)n1.N#Cc1c(F)c[c-]c(-c2ncccn2)c1F.[Ir].[Ir].[Ir].[Ir].[c-]1ccccc1-c1ncccn1. The molecule has 4 aliphatic rings. The molecule has 108 heavy (non-hydrogen) atoms. The number of benzene rings is 7. The Labute approximate surface area is 669 Å². The molecule has 16 rings (SSSR count). The van der Waals surface area contributed by atoms with Crippen molar-refractivity contribution in [3.63, 3.8) is 0 Å². The molecule has 4 aliphatic heterocycles. The van der Waals surface area contributed by atoms with Crippen molar-refractivity contribution in [3.8, 4) is 51.6 Å². The van der Waals surface area contributed by atoms with Crippen LogP contribution in [0, 0.1) is 95.0 Å². The quantitative estimate of drug-likeness (QED) is 0.0607. The van der Waals surface area contributed by atoms with E-state index in [0.717, 1.165) is 58.4 Å². The van der Waals surface area contributed by atoms with Crippen LogP contribution in [0.2, 0.25) is 0 Å². The fourth-order valence-corrected chi connectivity index (χ4v) is 8.01. The minimum absolute atomic E-state index is 0. The van der Waals surface area contributed by atoms with Crippen molar-refractivity contribution in [2.75, 3.05) is 28.2 Å². The smallest absolute Gasteiger partial charge is 0.291 e. The molecule has 0 atom stereocenters. The zero-order chi connectivity index (χ0) is 73.3. The van der Waals surface area contributed by atoms with E-state index in [-0.39, 0.29) is 115 Å². The van der Waals surface area contributed by atoms with E-state index in [1.165, 1.54) is 43.3 Å². The Morgan fingerprint density at radius 1 is 0.361 bits per heavy atom. The predicted octanol–water partition coefficient (Wildman–Crippen LogP) is 11.5. The summed E-state index contributed by atoms with van der Waals surface area (Å²) in [5, 5.41) is 24.9. The average molecular weight is 2160 g/mol. The van der Waals surface area contributed by atoms with Gasteiger partial charge in [-0.2, -0.15) is 78.1 Å². The summed E-state index contributed by atoms with van der Waals surface area (Å²) >= 11 is 0. The van der Waals surface area contributed by atoms with Crippen LogP contribution in [0.1, 0.15) is 5.56 Å². The van der Waals surface area contributed by atoms with Gasteiger partial charge in [0, 0.05) is 147 Å². The maximum absolute atomic E-state index is 13.6. The largest absolute Gasteiger partial charge is 0.420 e. The molecule has 32 heteroatoms. The maximum Gasteiger partial charge on any atom is 0.420 e. The topological polar surface area (TPSA) is 213 Å². The van der Waals surface area contributed by atoms with Crippen LogP contribution in [0.3, 0.4) is 0 Å². The minimum atomic E-state index is -0.992. The Hall–Kier alpha value is -12.1. The summed E-state index contributed by atoms with van der Waals surface area (Å²) in [4.78, 5) is 34.1.